The SMILES string of the molecule is c1ccc(-c2cccc3cccc(-c4ccc(Nc5cccc(-c6ccc(-n7c8ccccc8c8ccccc87)cc6)c5)cc4)c23)cc1. The molecule has 2 nitrogen and oxygen atoms in total. The lowest BCUT2D eigenvalue weighted by Crippen LogP contribution is -1.94. The number of hydrogen-bond donors (Lipinski definition) is 1. The average Bonchev–Trinajstić information content (AvgIpc) is 3.50. The van der Waals surface area contributed by atoms with Crippen LogP contribution in [0.3, 0.4) is 0 Å². The predicted octanol–water partition coefficient (Wildman–Crippen LogP) is 12.7. The van der Waals surface area contributed by atoms with Gasteiger partial charge in [-0.2, -0.15) is 0 Å². The zero-order valence-electron chi connectivity index (χ0n) is 26.3. The lowest BCUT2D eigenvalue weighted by atomic mass is 9.91. The number of hydrogen-bond acceptors (Lipinski definition) is 1. The van der Waals surface area contributed by atoms with Crippen LogP contribution < -0.4 is 5.32 Å². The maximum Gasteiger partial charge on any atom is 0.0541 e. The van der Waals surface area contributed by atoms with Crippen molar-refractivity contribution in [1.82, 2.24) is 4.57 Å². The molecule has 0 aliphatic heterocycles. The molecule has 8 aromatic carbocycles. The second kappa shape index (κ2) is 11.8. The van der Waals surface area contributed by atoms with Crippen LogP contribution in [0.25, 0.3) is 71.6 Å². The number of nitrogens with zero attached hydrogens (tertiary/aromatic N) is 1. The van der Waals surface area contributed by atoms with Crippen LogP contribution >= 0.6 is 0 Å². The molecule has 9 aromatic rings. The zero-order valence-corrected chi connectivity index (χ0v) is 26.3. The van der Waals surface area contributed by atoms with E-state index in [4.69, 9.17) is 0 Å². The molecule has 1 heterocycles. The van der Waals surface area contributed by atoms with Crippen molar-refractivity contribution in [3.63, 3.8) is 0 Å². The van der Waals surface area contributed by atoms with Crippen molar-refractivity contribution in [3.05, 3.63) is 188 Å². The summed E-state index contributed by atoms with van der Waals surface area (Å²) in [5.41, 5.74) is 13.0. The molecule has 0 amide bonds. The third-order valence-corrected chi connectivity index (χ3v) is 9.38. The van der Waals surface area contributed by atoms with E-state index in [-0.39, 0.29) is 0 Å². The topological polar surface area (TPSA) is 17.0 Å². The highest BCUT2D eigenvalue weighted by Gasteiger charge is 2.12. The molecule has 0 radical (unpaired) electrons. The minimum Gasteiger partial charge on any atom is -0.356 e. The van der Waals surface area contributed by atoms with Crippen LogP contribution in [0.2, 0.25) is 0 Å². The number of anilines is 2. The Labute approximate surface area is 280 Å². The lowest BCUT2D eigenvalue weighted by molar-refractivity contribution is 1.18. The molecule has 0 aliphatic carbocycles. The van der Waals surface area contributed by atoms with Crippen molar-refractivity contribution in [1.29, 1.82) is 0 Å². The van der Waals surface area contributed by atoms with Crippen LogP contribution in [0.15, 0.2) is 188 Å². The molecule has 1 N–H and O–H groups in total. The van der Waals surface area contributed by atoms with Gasteiger partial charge in [-0.25, -0.2) is 0 Å². The number of aromatic nitrogens is 1. The van der Waals surface area contributed by atoms with Gasteiger partial charge >= 0.3 is 0 Å². The third-order valence-electron chi connectivity index (χ3n) is 9.38. The summed E-state index contributed by atoms with van der Waals surface area (Å²) in [5, 5.41) is 8.72. The van der Waals surface area contributed by atoms with Gasteiger partial charge in [0.1, 0.15) is 0 Å². The summed E-state index contributed by atoms with van der Waals surface area (Å²) >= 11 is 0. The Bertz CT molecular complexity index is 2500. The van der Waals surface area contributed by atoms with Gasteiger partial charge in [0.05, 0.1) is 11.0 Å². The summed E-state index contributed by atoms with van der Waals surface area (Å²) in [7, 11) is 0. The fourth-order valence-corrected chi connectivity index (χ4v) is 7.12. The Hall–Kier alpha value is -6.38. The molecule has 1 aromatic heterocycles. The molecular weight excluding hydrogens is 581 g/mol. The van der Waals surface area contributed by atoms with E-state index in [1.54, 1.807) is 0 Å². The molecule has 0 spiro atoms. The zero-order chi connectivity index (χ0) is 31.9. The van der Waals surface area contributed by atoms with Crippen LogP contribution in [-0.2, 0) is 0 Å². The highest BCUT2D eigenvalue weighted by Crippen LogP contribution is 2.37. The molecule has 2 heteroatoms. The molecule has 226 valence electrons. The van der Waals surface area contributed by atoms with Crippen molar-refractivity contribution >= 4 is 44.0 Å². The fraction of sp³-hybridized carbons (Fsp3) is 0. The van der Waals surface area contributed by atoms with Crippen LogP contribution in [0.4, 0.5) is 11.4 Å². The molecule has 0 saturated heterocycles. The fourth-order valence-electron chi connectivity index (χ4n) is 7.12. The maximum absolute atomic E-state index is 3.64. The maximum atomic E-state index is 3.64. The van der Waals surface area contributed by atoms with Gasteiger partial charge < -0.3 is 9.88 Å². The largest absolute Gasteiger partial charge is 0.356 e. The van der Waals surface area contributed by atoms with E-state index in [1.165, 1.54) is 66.0 Å². The smallest absolute Gasteiger partial charge is 0.0541 e. The number of rotatable bonds is 6. The van der Waals surface area contributed by atoms with Crippen LogP contribution in [0, 0.1) is 0 Å². The summed E-state index contributed by atoms with van der Waals surface area (Å²) in [6.45, 7) is 0. The Morgan fingerprint density at radius 2 is 0.896 bits per heavy atom. The number of nitrogens with one attached hydrogen (secondary N) is 1. The van der Waals surface area contributed by atoms with E-state index < -0.39 is 0 Å². The van der Waals surface area contributed by atoms with Gasteiger partial charge in [0.15, 0.2) is 0 Å². The molecule has 0 fully saturated rings. The van der Waals surface area contributed by atoms with Gasteiger partial charge in [0.2, 0.25) is 0 Å². The van der Waals surface area contributed by atoms with E-state index in [0.717, 1.165) is 17.1 Å². The van der Waals surface area contributed by atoms with Crippen molar-refractivity contribution in [3.8, 4) is 39.1 Å². The predicted molar refractivity (Wildman–Crippen MR) is 204 cm³/mol. The Balaban J connectivity index is 0.992. The number of para-hydroxylation sites is 2. The van der Waals surface area contributed by atoms with E-state index >= 15 is 0 Å². The summed E-state index contributed by atoms with van der Waals surface area (Å²) in [4.78, 5) is 0. The van der Waals surface area contributed by atoms with E-state index in [2.05, 4.69) is 198 Å². The monoisotopic (exact) mass is 612 g/mol. The highest BCUT2D eigenvalue weighted by molar-refractivity contribution is 6.09. The van der Waals surface area contributed by atoms with Gasteiger partial charge in [-0.15, -0.1) is 0 Å². The van der Waals surface area contributed by atoms with Crippen molar-refractivity contribution in [2.24, 2.45) is 0 Å². The van der Waals surface area contributed by atoms with Gasteiger partial charge in [0.25, 0.3) is 0 Å². The quantitative estimate of drug-likeness (QED) is 0.198. The Morgan fingerprint density at radius 3 is 1.56 bits per heavy atom. The Morgan fingerprint density at radius 1 is 0.354 bits per heavy atom. The minimum atomic E-state index is 1.06. The van der Waals surface area contributed by atoms with Crippen molar-refractivity contribution in [2.75, 3.05) is 5.32 Å². The molecule has 0 saturated carbocycles. The molecule has 0 bridgehead atoms. The minimum absolute atomic E-state index is 1.06. The normalized spacial score (nSPS) is 11.3. The molecule has 0 unspecified atom stereocenters. The summed E-state index contributed by atoms with van der Waals surface area (Å²) in [6.07, 6.45) is 0. The van der Waals surface area contributed by atoms with Gasteiger partial charge in [0, 0.05) is 27.8 Å². The molecule has 9 rings (SSSR count). The first-order valence-electron chi connectivity index (χ1n) is 16.4. The van der Waals surface area contributed by atoms with E-state index in [1.807, 2.05) is 0 Å². The van der Waals surface area contributed by atoms with Crippen LogP contribution in [-0.4, -0.2) is 4.57 Å². The average molecular weight is 613 g/mol. The van der Waals surface area contributed by atoms with E-state index in [0.29, 0.717) is 0 Å². The molecule has 0 atom stereocenters. The molecule has 48 heavy (non-hydrogen) atoms. The van der Waals surface area contributed by atoms with E-state index in [9.17, 15) is 0 Å². The second-order valence-corrected chi connectivity index (χ2v) is 12.3. The number of fused-ring (bicyclic) bond motifs is 4. The first-order valence-corrected chi connectivity index (χ1v) is 16.4. The van der Waals surface area contributed by atoms with Gasteiger partial charge in [-0.3, -0.25) is 0 Å². The summed E-state index contributed by atoms with van der Waals surface area (Å²) in [6, 6.07) is 67.4. The highest BCUT2D eigenvalue weighted by atomic mass is 15.0. The van der Waals surface area contributed by atoms with Crippen molar-refractivity contribution < 1.29 is 0 Å². The summed E-state index contributed by atoms with van der Waals surface area (Å²) in [5.74, 6) is 0. The Kier molecular flexibility index (Phi) is 6.84. The third kappa shape index (κ3) is 4.92. The number of benzene rings is 8. The summed E-state index contributed by atoms with van der Waals surface area (Å²) < 4.78 is 2.36. The van der Waals surface area contributed by atoms with Crippen molar-refractivity contribution in [2.45, 2.75) is 0 Å². The molecule has 0 aliphatic rings. The first kappa shape index (κ1) is 27.9. The lowest BCUT2D eigenvalue weighted by Gasteiger charge is -2.14. The molecular formula is C46H32N2. The van der Waals surface area contributed by atoms with Gasteiger partial charge in [-0.05, 0) is 92.7 Å². The first-order chi connectivity index (χ1) is 23.8. The van der Waals surface area contributed by atoms with Gasteiger partial charge in [-0.1, -0.05) is 140 Å². The standard InChI is InChI=1S/C46H32N2/c1-2-11-33(12-3-1)40-19-9-13-35-14-10-20-41(46(35)40)34-23-27-37(28-24-34)47-38-16-8-15-36(31-38)32-25-29-39(30-26-32)48-44-21-6-4-17-42(44)43-18-5-7-22-45(43)48/h1-31,47H. The second-order valence-electron chi connectivity index (χ2n) is 12.3. The van der Waals surface area contributed by atoms with Crippen LogP contribution in [0.5, 0.6) is 0 Å². The van der Waals surface area contributed by atoms with Crippen LogP contribution in [0.1, 0.15) is 0 Å².